The number of halogens is 5. The largest absolute Gasteiger partial charge is 0.350 e. The zero-order valence-corrected chi connectivity index (χ0v) is 10.5. The molecule has 1 atom stereocenters. The molecule has 1 aliphatic rings. The summed E-state index contributed by atoms with van der Waals surface area (Å²) in [4.78, 5) is 11.2. The molecule has 0 radical (unpaired) electrons. The SMILES string of the molecule is Cl.O=C(CCC1CCCN1)NCC(F)(F)C(F)F. The Kier molecular flexibility index (Phi) is 7.54. The van der Waals surface area contributed by atoms with Crippen LogP contribution in [0.2, 0.25) is 0 Å². The molecule has 2 N–H and O–H groups in total. The molecule has 0 saturated carbocycles. The molecule has 1 fully saturated rings. The number of hydrogen-bond donors (Lipinski definition) is 2. The number of amides is 1. The Balaban J connectivity index is 0.00000289. The molecule has 0 aromatic rings. The molecule has 1 saturated heterocycles. The van der Waals surface area contributed by atoms with E-state index in [9.17, 15) is 22.4 Å². The first kappa shape index (κ1) is 17.4. The van der Waals surface area contributed by atoms with Crippen LogP contribution in [0, 0.1) is 0 Å². The quantitative estimate of drug-likeness (QED) is 0.735. The van der Waals surface area contributed by atoms with Crippen LogP contribution in [0.4, 0.5) is 17.6 Å². The van der Waals surface area contributed by atoms with Crippen molar-refractivity contribution >= 4 is 18.3 Å². The Bertz CT molecular complexity index is 260. The maximum absolute atomic E-state index is 12.5. The summed E-state index contributed by atoms with van der Waals surface area (Å²) in [5.74, 6) is -4.76. The van der Waals surface area contributed by atoms with Crippen molar-refractivity contribution in [2.45, 2.75) is 44.1 Å². The Morgan fingerprint density at radius 3 is 2.61 bits per heavy atom. The van der Waals surface area contributed by atoms with Gasteiger partial charge in [-0.1, -0.05) is 0 Å². The van der Waals surface area contributed by atoms with Gasteiger partial charge in [0.15, 0.2) is 0 Å². The molecule has 1 heterocycles. The van der Waals surface area contributed by atoms with Gasteiger partial charge in [-0.3, -0.25) is 4.79 Å². The van der Waals surface area contributed by atoms with Gasteiger partial charge < -0.3 is 10.6 Å². The van der Waals surface area contributed by atoms with Gasteiger partial charge in [0, 0.05) is 12.5 Å². The van der Waals surface area contributed by atoms with E-state index in [0.29, 0.717) is 6.42 Å². The van der Waals surface area contributed by atoms with E-state index in [1.807, 2.05) is 5.32 Å². The summed E-state index contributed by atoms with van der Waals surface area (Å²) in [6, 6.07) is 0.233. The van der Waals surface area contributed by atoms with E-state index >= 15 is 0 Å². The highest BCUT2D eigenvalue weighted by Gasteiger charge is 2.40. The van der Waals surface area contributed by atoms with Crippen molar-refractivity contribution in [3.8, 4) is 0 Å². The summed E-state index contributed by atoms with van der Waals surface area (Å²) in [7, 11) is 0. The van der Waals surface area contributed by atoms with E-state index in [2.05, 4.69) is 5.32 Å². The summed E-state index contributed by atoms with van der Waals surface area (Å²) >= 11 is 0. The van der Waals surface area contributed by atoms with Crippen LogP contribution < -0.4 is 10.6 Å². The van der Waals surface area contributed by atoms with Crippen LogP contribution >= 0.6 is 12.4 Å². The molecule has 1 unspecified atom stereocenters. The molecule has 0 aliphatic carbocycles. The standard InChI is InChI=1S/C10H16F4N2O.ClH/c11-9(12)10(13,14)6-16-8(17)4-3-7-2-1-5-15-7;/h7,9,15H,1-6H2,(H,16,17);1H. The number of carbonyl (C=O) groups is 1. The molecule has 1 amide bonds. The van der Waals surface area contributed by atoms with Gasteiger partial charge in [-0.2, -0.15) is 8.78 Å². The van der Waals surface area contributed by atoms with E-state index in [-0.39, 0.29) is 24.9 Å². The molecule has 108 valence electrons. The summed E-state index contributed by atoms with van der Waals surface area (Å²) in [5.41, 5.74) is 0. The lowest BCUT2D eigenvalue weighted by Gasteiger charge is -2.16. The first-order chi connectivity index (χ1) is 7.92. The molecule has 8 heteroatoms. The molecule has 0 aromatic heterocycles. The summed E-state index contributed by atoms with van der Waals surface area (Å²) in [5, 5.41) is 4.99. The van der Waals surface area contributed by atoms with Crippen molar-refractivity contribution in [2.75, 3.05) is 13.1 Å². The summed E-state index contributed by atoms with van der Waals surface area (Å²) < 4.78 is 48.5. The zero-order chi connectivity index (χ0) is 12.9. The second-order valence-corrected chi connectivity index (χ2v) is 4.17. The molecule has 0 aromatic carbocycles. The third-order valence-electron chi connectivity index (χ3n) is 2.72. The lowest BCUT2D eigenvalue weighted by molar-refractivity contribution is -0.136. The average Bonchev–Trinajstić information content (AvgIpc) is 2.76. The molecule has 0 bridgehead atoms. The van der Waals surface area contributed by atoms with Crippen molar-refractivity contribution in [1.82, 2.24) is 10.6 Å². The Morgan fingerprint density at radius 2 is 2.11 bits per heavy atom. The highest BCUT2D eigenvalue weighted by atomic mass is 35.5. The van der Waals surface area contributed by atoms with Crippen LogP contribution in [0.5, 0.6) is 0 Å². The monoisotopic (exact) mass is 292 g/mol. The number of rotatable bonds is 6. The Labute approximate surface area is 109 Å². The highest BCUT2D eigenvalue weighted by Crippen LogP contribution is 2.21. The van der Waals surface area contributed by atoms with Crippen molar-refractivity contribution in [3.63, 3.8) is 0 Å². The minimum Gasteiger partial charge on any atom is -0.350 e. The van der Waals surface area contributed by atoms with Gasteiger partial charge in [-0.05, 0) is 25.8 Å². The fourth-order valence-corrected chi connectivity index (χ4v) is 1.69. The molecule has 3 nitrogen and oxygen atoms in total. The molecular weight excluding hydrogens is 276 g/mol. The number of carbonyl (C=O) groups excluding carboxylic acids is 1. The minimum absolute atomic E-state index is 0. The summed E-state index contributed by atoms with van der Waals surface area (Å²) in [6.45, 7) is -0.405. The molecule has 1 aliphatic heterocycles. The smallest absolute Gasteiger partial charge is 0.324 e. The van der Waals surface area contributed by atoms with Crippen LogP contribution in [0.25, 0.3) is 0 Å². The Morgan fingerprint density at radius 1 is 1.44 bits per heavy atom. The van der Waals surface area contributed by atoms with E-state index < -0.39 is 24.8 Å². The fourth-order valence-electron chi connectivity index (χ4n) is 1.69. The van der Waals surface area contributed by atoms with Crippen LogP contribution in [0.3, 0.4) is 0 Å². The van der Waals surface area contributed by atoms with Gasteiger partial charge in [0.1, 0.15) is 0 Å². The lowest BCUT2D eigenvalue weighted by atomic mass is 10.1. The Hall–Kier alpha value is -0.560. The number of alkyl halides is 4. The van der Waals surface area contributed by atoms with Gasteiger partial charge in [0.25, 0.3) is 0 Å². The van der Waals surface area contributed by atoms with E-state index in [1.165, 1.54) is 0 Å². The van der Waals surface area contributed by atoms with Crippen molar-refractivity contribution in [2.24, 2.45) is 0 Å². The lowest BCUT2D eigenvalue weighted by Crippen LogP contribution is -2.41. The number of nitrogens with one attached hydrogen (secondary N) is 2. The summed E-state index contributed by atoms with van der Waals surface area (Å²) in [6.07, 6.45) is -1.13. The first-order valence-electron chi connectivity index (χ1n) is 5.58. The number of hydrogen-bond acceptors (Lipinski definition) is 2. The highest BCUT2D eigenvalue weighted by molar-refractivity contribution is 5.85. The maximum atomic E-state index is 12.5. The van der Waals surface area contributed by atoms with Gasteiger partial charge in [0.2, 0.25) is 5.91 Å². The van der Waals surface area contributed by atoms with Crippen LogP contribution in [0.15, 0.2) is 0 Å². The fraction of sp³-hybridized carbons (Fsp3) is 0.900. The van der Waals surface area contributed by atoms with Gasteiger partial charge in [-0.15, -0.1) is 12.4 Å². The maximum Gasteiger partial charge on any atom is 0.324 e. The third kappa shape index (κ3) is 5.86. The van der Waals surface area contributed by atoms with E-state index in [0.717, 1.165) is 19.4 Å². The van der Waals surface area contributed by atoms with Crippen LogP contribution in [0.1, 0.15) is 25.7 Å². The predicted octanol–water partition coefficient (Wildman–Crippen LogP) is 1.96. The molecule has 0 spiro atoms. The minimum atomic E-state index is -4.15. The van der Waals surface area contributed by atoms with Gasteiger partial charge in [-0.25, -0.2) is 8.78 Å². The second-order valence-electron chi connectivity index (χ2n) is 4.17. The van der Waals surface area contributed by atoms with Crippen molar-refractivity contribution in [1.29, 1.82) is 0 Å². The van der Waals surface area contributed by atoms with E-state index in [4.69, 9.17) is 0 Å². The normalized spacial score (nSPS) is 19.7. The second kappa shape index (κ2) is 7.78. The van der Waals surface area contributed by atoms with Crippen LogP contribution in [-0.2, 0) is 4.79 Å². The van der Waals surface area contributed by atoms with Crippen LogP contribution in [-0.4, -0.2) is 37.4 Å². The van der Waals surface area contributed by atoms with Crippen molar-refractivity contribution < 1.29 is 22.4 Å². The molecule has 18 heavy (non-hydrogen) atoms. The molecular formula is C10H17ClF4N2O. The first-order valence-corrected chi connectivity index (χ1v) is 5.58. The zero-order valence-electron chi connectivity index (χ0n) is 9.73. The average molecular weight is 293 g/mol. The topological polar surface area (TPSA) is 41.1 Å². The van der Waals surface area contributed by atoms with E-state index in [1.54, 1.807) is 0 Å². The predicted molar refractivity (Wildman–Crippen MR) is 61.5 cm³/mol. The van der Waals surface area contributed by atoms with Crippen molar-refractivity contribution in [3.05, 3.63) is 0 Å². The van der Waals surface area contributed by atoms with Gasteiger partial charge >= 0.3 is 12.3 Å². The third-order valence-corrected chi connectivity index (χ3v) is 2.72. The molecule has 1 rings (SSSR count). The van der Waals surface area contributed by atoms with Gasteiger partial charge in [0.05, 0.1) is 6.54 Å².